The molecule has 0 heterocycles. The van der Waals surface area contributed by atoms with Gasteiger partial charge in [-0.25, -0.2) is 0 Å². The van der Waals surface area contributed by atoms with Gasteiger partial charge in [0.1, 0.15) is 0 Å². The molecular weight excluding hydrogens is 114 g/mol. The lowest BCUT2D eigenvalue weighted by atomic mass is 10.0. The highest BCUT2D eigenvalue weighted by atomic mass is 16.3. The molecule has 0 spiro atoms. The molecular formula is C7H11NO. The first-order valence-corrected chi connectivity index (χ1v) is 3.31. The van der Waals surface area contributed by atoms with Crippen LogP contribution < -0.4 is 0 Å². The van der Waals surface area contributed by atoms with E-state index in [1.54, 1.807) is 0 Å². The maximum Gasteiger partial charge on any atom is 0.0621 e. The van der Waals surface area contributed by atoms with E-state index in [1.807, 2.05) is 0 Å². The van der Waals surface area contributed by atoms with Gasteiger partial charge >= 0.3 is 0 Å². The lowest BCUT2D eigenvalue weighted by molar-refractivity contribution is 0.204. The summed E-state index contributed by atoms with van der Waals surface area (Å²) < 4.78 is 0. The molecule has 0 aromatic rings. The fraction of sp³-hybridized carbons (Fsp3) is 0.857. The van der Waals surface area contributed by atoms with Gasteiger partial charge in [-0.3, -0.25) is 0 Å². The third kappa shape index (κ3) is 1.43. The zero-order valence-corrected chi connectivity index (χ0v) is 5.43. The second-order valence-electron chi connectivity index (χ2n) is 2.82. The number of nitrogens with zero attached hydrogens (tertiary/aromatic N) is 1. The molecule has 2 heteroatoms. The number of aliphatic hydroxyl groups is 1. The predicted molar refractivity (Wildman–Crippen MR) is 33.6 cm³/mol. The Morgan fingerprint density at radius 1 is 1.56 bits per heavy atom. The average molecular weight is 125 g/mol. The first kappa shape index (κ1) is 6.57. The molecule has 2 nitrogen and oxygen atoms in total. The second-order valence-corrected chi connectivity index (χ2v) is 2.82. The fourth-order valence-corrected chi connectivity index (χ4v) is 0.985. The van der Waals surface area contributed by atoms with Crippen molar-refractivity contribution < 1.29 is 5.11 Å². The van der Waals surface area contributed by atoms with Crippen molar-refractivity contribution in [3.63, 3.8) is 0 Å². The first-order chi connectivity index (χ1) is 4.33. The van der Waals surface area contributed by atoms with Gasteiger partial charge in [0.15, 0.2) is 0 Å². The SMILES string of the molecule is N#CCCC1(CO)CC1. The summed E-state index contributed by atoms with van der Waals surface area (Å²) in [6.07, 6.45) is 3.72. The maximum absolute atomic E-state index is 8.77. The van der Waals surface area contributed by atoms with Crippen molar-refractivity contribution in [2.24, 2.45) is 5.41 Å². The van der Waals surface area contributed by atoms with Crippen LogP contribution in [0, 0.1) is 16.7 Å². The molecule has 0 aromatic heterocycles. The third-order valence-corrected chi connectivity index (χ3v) is 2.06. The summed E-state index contributed by atoms with van der Waals surface area (Å²) in [6.45, 7) is 0.272. The van der Waals surface area contributed by atoms with Crippen molar-refractivity contribution >= 4 is 0 Å². The van der Waals surface area contributed by atoms with Crippen LogP contribution in [0.1, 0.15) is 25.7 Å². The molecule has 0 saturated heterocycles. The third-order valence-electron chi connectivity index (χ3n) is 2.06. The summed E-state index contributed by atoms with van der Waals surface area (Å²) in [5, 5.41) is 17.0. The average Bonchev–Trinajstić information content (AvgIpc) is 2.65. The summed E-state index contributed by atoms with van der Waals surface area (Å²) in [7, 11) is 0. The molecule has 1 fully saturated rings. The van der Waals surface area contributed by atoms with Crippen molar-refractivity contribution in [3.8, 4) is 6.07 Å². The highest BCUT2D eigenvalue weighted by molar-refractivity contribution is 4.94. The number of aliphatic hydroxyl groups excluding tert-OH is 1. The van der Waals surface area contributed by atoms with Gasteiger partial charge in [-0.05, 0) is 24.7 Å². The van der Waals surface area contributed by atoms with Crippen LogP contribution in [0.4, 0.5) is 0 Å². The van der Waals surface area contributed by atoms with Gasteiger partial charge in [-0.2, -0.15) is 5.26 Å². The van der Waals surface area contributed by atoms with E-state index in [4.69, 9.17) is 10.4 Å². The molecule has 0 amide bonds. The molecule has 0 radical (unpaired) electrons. The van der Waals surface area contributed by atoms with Gasteiger partial charge in [-0.1, -0.05) is 0 Å². The van der Waals surface area contributed by atoms with Crippen LogP contribution >= 0.6 is 0 Å². The molecule has 1 rings (SSSR count). The van der Waals surface area contributed by atoms with E-state index in [2.05, 4.69) is 6.07 Å². The summed E-state index contributed by atoms with van der Waals surface area (Å²) in [5.74, 6) is 0. The number of rotatable bonds is 3. The minimum Gasteiger partial charge on any atom is -0.396 e. The van der Waals surface area contributed by atoms with E-state index in [1.165, 1.54) is 0 Å². The largest absolute Gasteiger partial charge is 0.396 e. The summed E-state index contributed by atoms with van der Waals surface area (Å²) in [4.78, 5) is 0. The Labute approximate surface area is 55.1 Å². The van der Waals surface area contributed by atoms with E-state index in [0.29, 0.717) is 6.42 Å². The molecule has 1 aliphatic rings. The molecule has 0 aliphatic heterocycles. The van der Waals surface area contributed by atoms with Crippen molar-refractivity contribution in [1.29, 1.82) is 5.26 Å². The quantitative estimate of drug-likeness (QED) is 0.613. The Morgan fingerprint density at radius 2 is 2.22 bits per heavy atom. The van der Waals surface area contributed by atoms with Crippen LogP contribution in [-0.4, -0.2) is 11.7 Å². The molecule has 50 valence electrons. The molecule has 0 atom stereocenters. The normalized spacial score (nSPS) is 20.9. The monoisotopic (exact) mass is 125 g/mol. The zero-order valence-electron chi connectivity index (χ0n) is 5.43. The number of hydrogen-bond donors (Lipinski definition) is 1. The van der Waals surface area contributed by atoms with Crippen molar-refractivity contribution in [1.82, 2.24) is 0 Å². The number of hydrogen-bond acceptors (Lipinski definition) is 2. The van der Waals surface area contributed by atoms with Crippen LogP contribution in [-0.2, 0) is 0 Å². The minimum atomic E-state index is 0.176. The fourth-order valence-electron chi connectivity index (χ4n) is 0.985. The van der Waals surface area contributed by atoms with Gasteiger partial charge in [0.05, 0.1) is 6.07 Å². The minimum absolute atomic E-state index is 0.176. The molecule has 0 aromatic carbocycles. The van der Waals surface area contributed by atoms with E-state index in [0.717, 1.165) is 19.3 Å². The van der Waals surface area contributed by atoms with Gasteiger partial charge in [0.25, 0.3) is 0 Å². The Balaban J connectivity index is 2.19. The second kappa shape index (κ2) is 2.36. The van der Waals surface area contributed by atoms with Crippen molar-refractivity contribution in [2.45, 2.75) is 25.7 Å². The van der Waals surface area contributed by atoms with Crippen molar-refractivity contribution in [3.05, 3.63) is 0 Å². The van der Waals surface area contributed by atoms with Gasteiger partial charge in [0.2, 0.25) is 0 Å². The van der Waals surface area contributed by atoms with Gasteiger partial charge in [-0.15, -0.1) is 0 Å². The highest BCUT2D eigenvalue weighted by Crippen LogP contribution is 2.48. The Kier molecular flexibility index (Phi) is 1.73. The molecule has 9 heavy (non-hydrogen) atoms. The van der Waals surface area contributed by atoms with Crippen LogP contribution in [0.2, 0.25) is 0 Å². The maximum atomic E-state index is 8.77. The van der Waals surface area contributed by atoms with E-state index in [9.17, 15) is 0 Å². The van der Waals surface area contributed by atoms with Crippen LogP contribution in [0.5, 0.6) is 0 Å². The Hall–Kier alpha value is -0.550. The predicted octanol–water partition coefficient (Wildman–Crippen LogP) is 1.06. The highest BCUT2D eigenvalue weighted by Gasteiger charge is 2.40. The topological polar surface area (TPSA) is 44.0 Å². The Bertz CT molecular complexity index is 132. The first-order valence-electron chi connectivity index (χ1n) is 3.31. The van der Waals surface area contributed by atoms with Crippen molar-refractivity contribution in [2.75, 3.05) is 6.61 Å². The van der Waals surface area contributed by atoms with Crippen LogP contribution in [0.3, 0.4) is 0 Å². The molecule has 1 aliphatic carbocycles. The smallest absolute Gasteiger partial charge is 0.0621 e. The molecule has 0 unspecified atom stereocenters. The lowest BCUT2D eigenvalue weighted by Crippen LogP contribution is -2.04. The number of nitriles is 1. The standard InChI is InChI=1S/C7H11NO/c8-5-1-2-7(6-9)3-4-7/h9H,1-4,6H2. The molecule has 0 bridgehead atoms. The van der Waals surface area contributed by atoms with Gasteiger partial charge in [0, 0.05) is 13.0 Å². The zero-order chi connectivity index (χ0) is 6.74. The van der Waals surface area contributed by atoms with Crippen LogP contribution in [0.15, 0.2) is 0 Å². The molecule has 1 saturated carbocycles. The van der Waals surface area contributed by atoms with E-state index < -0.39 is 0 Å². The van der Waals surface area contributed by atoms with Gasteiger partial charge < -0.3 is 5.11 Å². The summed E-state index contributed by atoms with van der Waals surface area (Å²) >= 11 is 0. The summed E-state index contributed by atoms with van der Waals surface area (Å²) in [5.41, 5.74) is 0.176. The van der Waals surface area contributed by atoms with E-state index in [-0.39, 0.29) is 12.0 Å². The van der Waals surface area contributed by atoms with E-state index >= 15 is 0 Å². The summed E-state index contributed by atoms with van der Waals surface area (Å²) in [6, 6.07) is 2.09. The lowest BCUT2D eigenvalue weighted by Gasteiger charge is -2.05. The molecule has 1 N–H and O–H groups in total. The Morgan fingerprint density at radius 3 is 2.56 bits per heavy atom. The van der Waals surface area contributed by atoms with Crippen LogP contribution in [0.25, 0.3) is 0 Å².